The van der Waals surface area contributed by atoms with E-state index < -0.39 is 5.91 Å². The first-order valence-electron chi connectivity index (χ1n) is 8.56. The summed E-state index contributed by atoms with van der Waals surface area (Å²) < 4.78 is 5.26. The van der Waals surface area contributed by atoms with Crippen LogP contribution in [0.1, 0.15) is 11.1 Å². The lowest BCUT2D eigenvalue weighted by Gasteiger charge is -2.09. The molecule has 26 heavy (non-hydrogen) atoms. The Hall–Kier alpha value is -3.11. The van der Waals surface area contributed by atoms with Crippen LogP contribution in [0.3, 0.4) is 0 Å². The molecule has 4 nitrogen and oxygen atoms in total. The topological polar surface area (TPSA) is 64.4 Å². The molecule has 0 aliphatic carbocycles. The van der Waals surface area contributed by atoms with Gasteiger partial charge in [-0.3, -0.25) is 4.79 Å². The number of carbonyl (C=O) groups is 1. The molecule has 0 unspecified atom stereocenters. The molecule has 1 amide bonds. The van der Waals surface area contributed by atoms with Crippen molar-refractivity contribution in [3.63, 3.8) is 0 Å². The third-order valence-electron chi connectivity index (χ3n) is 4.00. The normalized spacial score (nSPS) is 10.5. The van der Waals surface area contributed by atoms with Crippen molar-refractivity contribution >= 4 is 5.91 Å². The van der Waals surface area contributed by atoms with Crippen molar-refractivity contribution in [1.82, 2.24) is 5.32 Å². The molecule has 0 bridgehead atoms. The van der Waals surface area contributed by atoms with Gasteiger partial charge in [0.1, 0.15) is 5.75 Å². The number of hydrogen-bond acceptors (Lipinski definition) is 3. The van der Waals surface area contributed by atoms with E-state index in [1.807, 2.05) is 30.3 Å². The van der Waals surface area contributed by atoms with Gasteiger partial charge in [0.25, 0.3) is 5.91 Å². The molecular formula is C22H22N2O2. The van der Waals surface area contributed by atoms with Crippen LogP contribution >= 0.6 is 0 Å². The second-order valence-electron chi connectivity index (χ2n) is 6.07. The van der Waals surface area contributed by atoms with Gasteiger partial charge < -0.3 is 15.8 Å². The van der Waals surface area contributed by atoms with Gasteiger partial charge >= 0.3 is 0 Å². The molecule has 3 N–H and O–H groups in total. The average molecular weight is 346 g/mol. The summed E-state index contributed by atoms with van der Waals surface area (Å²) in [4.78, 5) is 10.7. The monoisotopic (exact) mass is 346 g/mol. The summed E-state index contributed by atoms with van der Waals surface area (Å²) in [6.07, 6.45) is 0. The van der Waals surface area contributed by atoms with Crippen molar-refractivity contribution in [2.75, 3.05) is 6.61 Å². The molecule has 0 spiro atoms. The fourth-order valence-corrected chi connectivity index (χ4v) is 2.70. The largest absolute Gasteiger partial charge is 0.484 e. The molecule has 0 saturated carbocycles. The highest BCUT2D eigenvalue weighted by molar-refractivity contribution is 5.75. The van der Waals surface area contributed by atoms with Gasteiger partial charge in [-0.05, 0) is 40.5 Å². The maximum absolute atomic E-state index is 10.7. The minimum Gasteiger partial charge on any atom is -0.484 e. The average Bonchev–Trinajstić information content (AvgIpc) is 2.68. The van der Waals surface area contributed by atoms with Crippen molar-refractivity contribution in [3.05, 3.63) is 90.0 Å². The number of ether oxygens (including phenoxy) is 1. The Morgan fingerprint density at radius 2 is 1.50 bits per heavy atom. The molecule has 0 radical (unpaired) electrons. The molecule has 0 atom stereocenters. The lowest BCUT2D eigenvalue weighted by atomic mass is 10.0. The van der Waals surface area contributed by atoms with E-state index in [-0.39, 0.29) is 6.61 Å². The lowest BCUT2D eigenvalue weighted by Crippen LogP contribution is -2.20. The molecule has 3 aromatic rings. The number of amides is 1. The lowest BCUT2D eigenvalue weighted by molar-refractivity contribution is -0.119. The summed E-state index contributed by atoms with van der Waals surface area (Å²) >= 11 is 0. The van der Waals surface area contributed by atoms with Gasteiger partial charge in [-0.15, -0.1) is 0 Å². The Morgan fingerprint density at radius 1 is 0.808 bits per heavy atom. The smallest absolute Gasteiger partial charge is 0.255 e. The predicted molar refractivity (Wildman–Crippen MR) is 104 cm³/mol. The predicted octanol–water partition coefficient (Wildman–Crippen LogP) is 3.51. The van der Waals surface area contributed by atoms with Crippen molar-refractivity contribution in [2.24, 2.45) is 5.73 Å². The first kappa shape index (κ1) is 17.7. The second-order valence-corrected chi connectivity index (χ2v) is 6.07. The van der Waals surface area contributed by atoms with Gasteiger partial charge in [-0.25, -0.2) is 0 Å². The number of primary amides is 1. The number of rotatable bonds is 8. The molecular weight excluding hydrogens is 324 g/mol. The third kappa shape index (κ3) is 5.19. The minimum absolute atomic E-state index is 0.102. The van der Waals surface area contributed by atoms with Crippen molar-refractivity contribution < 1.29 is 9.53 Å². The molecule has 0 saturated heterocycles. The Balaban J connectivity index is 1.53. The first-order chi connectivity index (χ1) is 12.7. The van der Waals surface area contributed by atoms with Gasteiger partial charge in [0.05, 0.1) is 0 Å². The van der Waals surface area contributed by atoms with E-state index in [0.717, 1.165) is 18.7 Å². The number of carbonyl (C=O) groups excluding carboxylic acids is 1. The highest BCUT2D eigenvalue weighted by Crippen LogP contribution is 2.20. The van der Waals surface area contributed by atoms with Crippen LogP contribution in [0.15, 0.2) is 78.9 Å². The number of nitrogens with one attached hydrogen (secondary N) is 1. The Bertz CT molecular complexity index is 846. The number of hydrogen-bond donors (Lipinski definition) is 2. The molecule has 0 aliphatic rings. The summed E-state index contributed by atoms with van der Waals surface area (Å²) in [5, 5.41) is 3.45. The zero-order valence-electron chi connectivity index (χ0n) is 14.5. The van der Waals surface area contributed by atoms with E-state index in [4.69, 9.17) is 10.5 Å². The zero-order valence-corrected chi connectivity index (χ0v) is 14.5. The zero-order chi connectivity index (χ0) is 18.2. The highest BCUT2D eigenvalue weighted by Gasteiger charge is 2.01. The van der Waals surface area contributed by atoms with Crippen LogP contribution in [0.5, 0.6) is 5.75 Å². The molecule has 0 aromatic heterocycles. The van der Waals surface area contributed by atoms with Crippen molar-refractivity contribution in [1.29, 1.82) is 0 Å². The maximum atomic E-state index is 10.7. The van der Waals surface area contributed by atoms with E-state index in [9.17, 15) is 4.79 Å². The fourth-order valence-electron chi connectivity index (χ4n) is 2.70. The molecule has 0 heterocycles. The molecule has 132 valence electrons. The molecule has 0 aliphatic heterocycles. The van der Waals surface area contributed by atoms with E-state index in [0.29, 0.717) is 5.75 Å². The van der Waals surface area contributed by atoms with Gasteiger partial charge in [0, 0.05) is 13.1 Å². The van der Waals surface area contributed by atoms with Gasteiger partial charge in [-0.2, -0.15) is 0 Å². The standard InChI is InChI=1S/C22H22N2O2/c23-22(25)16-26-21-11-9-17(10-12-21)14-24-15-18-5-4-8-20(13-18)19-6-2-1-3-7-19/h1-13,24H,14-16H2,(H2,23,25). The Kier molecular flexibility index (Phi) is 6.01. The fraction of sp³-hybridized carbons (Fsp3) is 0.136. The molecule has 3 rings (SSSR count). The van der Waals surface area contributed by atoms with Gasteiger partial charge in [0.2, 0.25) is 0 Å². The third-order valence-corrected chi connectivity index (χ3v) is 4.00. The van der Waals surface area contributed by atoms with Crippen LogP contribution in [0.25, 0.3) is 11.1 Å². The van der Waals surface area contributed by atoms with Crippen LogP contribution in [0, 0.1) is 0 Å². The summed E-state index contributed by atoms with van der Waals surface area (Å²) in [7, 11) is 0. The van der Waals surface area contributed by atoms with Gasteiger partial charge in [-0.1, -0.05) is 60.7 Å². The summed E-state index contributed by atoms with van der Waals surface area (Å²) in [5.41, 5.74) is 9.90. The number of benzene rings is 3. The van der Waals surface area contributed by atoms with Crippen LogP contribution in [0.4, 0.5) is 0 Å². The van der Waals surface area contributed by atoms with Crippen LogP contribution in [-0.4, -0.2) is 12.5 Å². The maximum Gasteiger partial charge on any atom is 0.255 e. The van der Waals surface area contributed by atoms with Crippen LogP contribution < -0.4 is 15.8 Å². The minimum atomic E-state index is -0.478. The summed E-state index contributed by atoms with van der Waals surface area (Å²) in [5.74, 6) is 0.164. The Labute approximate surface area is 153 Å². The second kappa shape index (κ2) is 8.83. The van der Waals surface area contributed by atoms with E-state index in [1.54, 1.807) is 0 Å². The quantitative estimate of drug-likeness (QED) is 0.656. The SMILES string of the molecule is NC(=O)COc1ccc(CNCc2cccc(-c3ccccc3)c2)cc1. The van der Waals surface area contributed by atoms with Crippen molar-refractivity contribution in [3.8, 4) is 16.9 Å². The summed E-state index contributed by atoms with van der Waals surface area (Å²) in [6, 6.07) is 26.6. The van der Waals surface area contributed by atoms with E-state index in [1.165, 1.54) is 16.7 Å². The first-order valence-corrected chi connectivity index (χ1v) is 8.56. The Morgan fingerprint density at radius 3 is 2.23 bits per heavy atom. The molecule has 0 fully saturated rings. The van der Waals surface area contributed by atoms with Crippen LogP contribution in [-0.2, 0) is 17.9 Å². The highest BCUT2D eigenvalue weighted by atomic mass is 16.5. The van der Waals surface area contributed by atoms with Gasteiger partial charge in [0.15, 0.2) is 6.61 Å². The van der Waals surface area contributed by atoms with Crippen LogP contribution in [0.2, 0.25) is 0 Å². The summed E-state index contributed by atoms with van der Waals surface area (Å²) in [6.45, 7) is 1.45. The van der Waals surface area contributed by atoms with E-state index >= 15 is 0 Å². The van der Waals surface area contributed by atoms with Crippen molar-refractivity contribution in [2.45, 2.75) is 13.1 Å². The number of nitrogens with two attached hydrogens (primary N) is 1. The van der Waals surface area contributed by atoms with E-state index in [2.05, 4.69) is 53.8 Å². The molecule has 4 heteroatoms. The molecule has 3 aromatic carbocycles.